The maximum atomic E-state index is 11.9. The molecule has 2 heterocycles. The summed E-state index contributed by atoms with van der Waals surface area (Å²) in [4.78, 5) is 22.2. The van der Waals surface area contributed by atoms with Crippen LogP contribution in [-0.4, -0.2) is 40.5 Å². The number of hydrogen-bond donors (Lipinski definition) is 0. The maximum absolute atomic E-state index is 11.9. The van der Waals surface area contributed by atoms with E-state index in [9.17, 15) is 4.79 Å². The second kappa shape index (κ2) is 5.91. The minimum atomic E-state index is -0.124. The Morgan fingerprint density at radius 3 is 3.17 bits per heavy atom. The molecule has 18 heavy (non-hydrogen) atoms. The van der Waals surface area contributed by atoms with Crippen molar-refractivity contribution >= 4 is 5.91 Å². The van der Waals surface area contributed by atoms with Crippen LogP contribution >= 0.6 is 0 Å². The van der Waals surface area contributed by atoms with E-state index in [4.69, 9.17) is 4.74 Å². The first-order valence-corrected chi connectivity index (χ1v) is 6.39. The molecule has 0 aromatic carbocycles. The summed E-state index contributed by atoms with van der Waals surface area (Å²) in [5.41, 5.74) is 0.858. The number of rotatable bonds is 3. The van der Waals surface area contributed by atoms with Gasteiger partial charge in [-0.3, -0.25) is 4.79 Å². The standard InChI is InChI=1S/C13H19N3O2/c1-3-4-13(17)16-7-8-18-12(9-16)11-5-6-14-10(2)15-11/h5-6,12H,3-4,7-9H2,1-2H3. The molecular weight excluding hydrogens is 230 g/mol. The zero-order valence-electron chi connectivity index (χ0n) is 10.9. The van der Waals surface area contributed by atoms with Gasteiger partial charge in [-0.2, -0.15) is 0 Å². The van der Waals surface area contributed by atoms with Crippen LogP contribution in [0.25, 0.3) is 0 Å². The van der Waals surface area contributed by atoms with Crippen molar-refractivity contribution < 1.29 is 9.53 Å². The van der Waals surface area contributed by atoms with Crippen molar-refractivity contribution in [3.8, 4) is 0 Å². The SMILES string of the molecule is CCCC(=O)N1CCOC(c2ccnc(C)n2)C1. The summed E-state index contributed by atoms with van der Waals surface area (Å²) in [6.07, 6.45) is 3.10. The average Bonchev–Trinajstić information content (AvgIpc) is 2.39. The van der Waals surface area contributed by atoms with Gasteiger partial charge in [0.25, 0.3) is 0 Å². The van der Waals surface area contributed by atoms with Crippen LogP contribution in [-0.2, 0) is 9.53 Å². The zero-order valence-corrected chi connectivity index (χ0v) is 10.9. The van der Waals surface area contributed by atoms with Gasteiger partial charge >= 0.3 is 0 Å². The van der Waals surface area contributed by atoms with E-state index >= 15 is 0 Å². The number of carbonyl (C=O) groups is 1. The van der Waals surface area contributed by atoms with Crippen LogP contribution in [0.15, 0.2) is 12.3 Å². The van der Waals surface area contributed by atoms with E-state index in [1.807, 2.05) is 24.8 Å². The first kappa shape index (κ1) is 13.0. The smallest absolute Gasteiger partial charge is 0.222 e. The van der Waals surface area contributed by atoms with Crippen molar-refractivity contribution in [3.05, 3.63) is 23.8 Å². The van der Waals surface area contributed by atoms with E-state index in [2.05, 4.69) is 9.97 Å². The zero-order chi connectivity index (χ0) is 13.0. The van der Waals surface area contributed by atoms with Crippen LogP contribution in [0.5, 0.6) is 0 Å². The molecular formula is C13H19N3O2. The molecule has 1 fully saturated rings. The molecule has 1 aromatic heterocycles. The lowest BCUT2D eigenvalue weighted by Gasteiger charge is -2.32. The van der Waals surface area contributed by atoms with E-state index in [0.717, 1.165) is 17.9 Å². The van der Waals surface area contributed by atoms with Gasteiger partial charge in [-0.25, -0.2) is 9.97 Å². The quantitative estimate of drug-likeness (QED) is 0.814. The molecule has 0 spiro atoms. The Balaban J connectivity index is 2.04. The van der Waals surface area contributed by atoms with E-state index in [-0.39, 0.29) is 12.0 Å². The van der Waals surface area contributed by atoms with Gasteiger partial charge in [0.1, 0.15) is 11.9 Å². The van der Waals surface area contributed by atoms with E-state index in [1.165, 1.54) is 0 Å². The third-order valence-electron chi connectivity index (χ3n) is 3.01. The minimum absolute atomic E-state index is 0.124. The number of hydrogen-bond acceptors (Lipinski definition) is 4. The number of aryl methyl sites for hydroxylation is 1. The molecule has 1 aromatic rings. The largest absolute Gasteiger partial charge is 0.368 e. The van der Waals surface area contributed by atoms with E-state index in [0.29, 0.717) is 26.1 Å². The Morgan fingerprint density at radius 2 is 2.44 bits per heavy atom. The lowest BCUT2D eigenvalue weighted by Crippen LogP contribution is -2.42. The average molecular weight is 249 g/mol. The summed E-state index contributed by atoms with van der Waals surface area (Å²) in [7, 11) is 0. The Kier molecular flexibility index (Phi) is 4.25. The highest BCUT2D eigenvalue weighted by atomic mass is 16.5. The van der Waals surface area contributed by atoms with Gasteiger partial charge in [-0.05, 0) is 19.4 Å². The second-order valence-corrected chi connectivity index (χ2v) is 4.48. The normalized spacial score (nSPS) is 19.9. The molecule has 5 nitrogen and oxygen atoms in total. The van der Waals surface area contributed by atoms with Gasteiger partial charge in [0, 0.05) is 19.2 Å². The minimum Gasteiger partial charge on any atom is -0.368 e. The molecule has 98 valence electrons. The highest BCUT2D eigenvalue weighted by molar-refractivity contribution is 5.76. The molecule has 1 unspecified atom stereocenters. The van der Waals surface area contributed by atoms with E-state index < -0.39 is 0 Å². The summed E-state index contributed by atoms with van der Waals surface area (Å²) in [5.74, 6) is 0.935. The third kappa shape index (κ3) is 3.04. The van der Waals surface area contributed by atoms with Crippen LogP contribution in [0.3, 0.4) is 0 Å². The van der Waals surface area contributed by atoms with Gasteiger partial charge in [0.15, 0.2) is 0 Å². The van der Waals surface area contributed by atoms with Crippen molar-refractivity contribution in [2.24, 2.45) is 0 Å². The number of nitrogens with zero attached hydrogens (tertiary/aromatic N) is 3. The molecule has 0 bridgehead atoms. The molecule has 0 saturated carbocycles. The first-order chi connectivity index (χ1) is 8.70. The Hall–Kier alpha value is -1.49. The Bertz CT molecular complexity index is 422. The second-order valence-electron chi connectivity index (χ2n) is 4.48. The lowest BCUT2D eigenvalue weighted by atomic mass is 10.2. The summed E-state index contributed by atoms with van der Waals surface area (Å²) in [6.45, 7) is 5.72. The van der Waals surface area contributed by atoms with Gasteiger partial charge in [0.05, 0.1) is 18.8 Å². The van der Waals surface area contributed by atoms with Crippen molar-refractivity contribution in [1.82, 2.24) is 14.9 Å². The third-order valence-corrected chi connectivity index (χ3v) is 3.01. The highest BCUT2D eigenvalue weighted by Crippen LogP contribution is 2.20. The number of aromatic nitrogens is 2. The Labute approximate surface area is 107 Å². The fraction of sp³-hybridized carbons (Fsp3) is 0.615. The Morgan fingerprint density at radius 1 is 1.61 bits per heavy atom. The molecule has 1 aliphatic rings. The molecule has 1 aliphatic heterocycles. The van der Waals surface area contributed by atoms with Crippen molar-refractivity contribution in [3.63, 3.8) is 0 Å². The topological polar surface area (TPSA) is 55.3 Å². The van der Waals surface area contributed by atoms with Gasteiger partial charge in [-0.15, -0.1) is 0 Å². The maximum Gasteiger partial charge on any atom is 0.222 e. The summed E-state index contributed by atoms with van der Waals surface area (Å²) in [6, 6.07) is 1.85. The molecule has 5 heteroatoms. The van der Waals surface area contributed by atoms with Crippen LogP contribution in [0.4, 0.5) is 0 Å². The number of ether oxygens (including phenoxy) is 1. The van der Waals surface area contributed by atoms with Gasteiger partial charge in [0.2, 0.25) is 5.91 Å². The highest BCUT2D eigenvalue weighted by Gasteiger charge is 2.25. The monoisotopic (exact) mass is 249 g/mol. The van der Waals surface area contributed by atoms with Crippen LogP contribution in [0, 0.1) is 6.92 Å². The number of carbonyl (C=O) groups excluding carboxylic acids is 1. The molecule has 0 aliphatic carbocycles. The molecule has 1 saturated heterocycles. The van der Waals surface area contributed by atoms with Crippen molar-refractivity contribution in [2.45, 2.75) is 32.8 Å². The lowest BCUT2D eigenvalue weighted by molar-refractivity contribution is -0.139. The summed E-state index contributed by atoms with van der Waals surface area (Å²) >= 11 is 0. The molecule has 1 atom stereocenters. The predicted octanol–water partition coefficient (Wildman–Crippen LogP) is 1.49. The van der Waals surface area contributed by atoms with Gasteiger partial charge < -0.3 is 9.64 Å². The molecule has 2 rings (SSSR count). The number of morpholine rings is 1. The van der Waals surface area contributed by atoms with E-state index in [1.54, 1.807) is 6.20 Å². The van der Waals surface area contributed by atoms with Crippen LogP contribution in [0.1, 0.15) is 37.4 Å². The summed E-state index contributed by atoms with van der Waals surface area (Å²) < 4.78 is 5.69. The predicted molar refractivity (Wildman–Crippen MR) is 67.0 cm³/mol. The fourth-order valence-corrected chi connectivity index (χ4v) is 2.08. The first-order valence-electron chi connectivity index (χ1n) is 6.39. The molecule has 0 N–H and O–H groups in total. The number of amides is 1. The fourth-order valence-electron chi connectivity index (χ4n) is 2.08. The summed E-state index contributed by atoms with van der Waals surface area (Å²) in [5, 5.41) is 0. The van der Waals surface area contributed by atoms with Crippen LogP contribution in [0.2, 0.25) is 0 Å². The van der Waals surface area contributed by atoms with Gasteiger partial charge in [-0.1, -0.05) is 6.92 Å². The molecule has 1 amide bonds. The molecule has 0 radical (unpaired) electrons. The van der Waals surface area contributed by atoms with Crippen molar-refractivity contribution in [1.29, 1.82) is 0 Å². The van der Waals surface area contributed by atoms with Crippen LogP contribution < -0.4 is 0 Å². The van der Waals surface area contributed by atoms with Crippen molar-refractivity contribution in [2.75, 3.05) is 19.7 Å².